The SMILES string of the molecule is O=c1[nH]cnc2c1sc1[nH+]c(N3CCOCC3)c3c(c12)CCC3. The van der Waals surface area contributed by atoms with Crippen LogP contribution in [0.3, 0.4) is 0 Å². The zero-order valence-corrected chi connectivity index (χ0v) is 13.5. The lowest BCUT2D eigenvalue weighted by Gasteiger charge is -2.23. The molecule has 3 aromatic heterocycles. The van der Waals surface area contributed by atoms with Crippen molar-refractivity contribution in [3.63, 3.8) is 0 Å². The highest BCUT2D eigenvalue weighted by molar-refractivity contribution is 7.25. The summed E-state index contributed by atoms with van der Waals surface area (Å²) in [6, 6.07) is 0. The van der Waals surface area contributed by atoms with E-state index < -0.39 is 0 Å². The van der Waals surface area contributed by atoms with Crippen LogP contribution in [0.15, 0.2) is 11.1 Å². The first-order valence-corrected chi connectivity index (χ1v) is 8.84. The molecule has 2 N–H and O–H groups in total. The number of thiophene rings is 1. The number of pyridine rings is 1. The van der Waals surface area contributed by atoms with E-state index in [9.17, 15) is 4.79 Å². The third-order valence-electron chi connectivity index (χ3n) is 4.84. The molecular formula is C16H17N4O2S+. The summed E-state index contributed by atoms with van der Waals surface area (Å²) in [6.45, 7) is 3.37. The number of fused-ring (bicyclic) bond motifs is 5. The van der Waals surface area contributed by atoms with Crippen molar-refractivity contribution in [2.45, 2.75) is 19.3 Å². The van der Waals surface area contributed by atoms with Crippen LogP contribution in [0, 0.1) is 0 Å². The Morgan fingerprint density at radius 1 is 1.26 bits per heavy atom. The molecule has 0 atom stereocenters. The number of aromatic nitrogens is 3. The maximum atomic E-state index is 12.1. The maximum Gasteiger partial charge on any atom is 0.279 e. The number of ether oxygens (including phenoxy) is 1. The second-order valence-electron chi connectivity index (χ2n) is 6.10. The lowest BCUT2D eigenvalue weighted by molar-refractivity contribution is -0.328. The molecule has 118 valence electrons. The molecule has 0 saturated carbocycles. The highest BCUT2D eigenvalue weighted by Gasteiger charge is 2.31. The summed E-state index contributed by atoms with van der Waals surface area (Å²) in [5, 5.41) is 1.15. The molecule has 0 amide bonds. The molecule has 4 heterocycles. The molecule has 1 aliphatic heterocycles. The predicted octanol–water partition coefficient (Wildman–Crippen LogP) is 1.28. The molecule has 0 aromatic carbocycles. The van der Waals surface area contributed by atoms with Gasteiger partial charge in [-0.2, -0.15) is 0 Å². The summed E-state index contributed by atoms with van der Waals surface area (Å²) in [6.07, 6.45) is 4.83. The molecule has 1 aliphatic carbocycles. The van der Waals surface area contributed by atoms with Gasteiger partial charge in [0.25, 0.3) is 11.4 Å². The van der Waals surface area contributed by atoms with Crippen molar-refractivity contribution in [2.75, 3.05) is 31.2 Å². The third-order valence-corrected chi connectivity index (χ3v) is 5.94. The standard InChI is InChI=1S/C16H16N4O2S/c21-15-13-12(17-8-18-15)11-9-2-1-3-10(9)14(19-16(11)23-13)20-4-6-22-7-5-20/h8H,1-7H2,(H,17,18,21)/p+1. The number of hydrogen-bond acceptors (Lipinski definition) is 5. The Kier molecular flexibility index (Phi) is 2.93. The van der Waals surface area contributed by atoms with Gasteiger partial charge in [0.15, 0.2) is 4.83 Å². The lowest BCUT2D eigenvalue weighted by atomic mass is 10.1. The molecule has 2 aliphatic rings. The Balaban J connectivity index is 1.83. The minimum absolute atomic E-state index is 0.0516. The van der Waals surface area contributed by atoms with Gasteiger partial charge in [0.1, 0.15) is 23.3 Å². The van der Waals surface area contributed by atoms with Crippen molar-refractivity contribution in [1.29, 1.82) is 0 Å². The number of H-pyrrole nitrogens is 2. The first-order valence-electron chi connectivity index (χ1n) is 8.02. The van der Waals surface area contributed by atoms with Crippen LogP contribution in [-0.2, 0) is 17.6 Å². The summed E-state index contributed by atoms with van der Waals surface area (Å²) in [4.78, 5) is 26.3. The van der Waals surface area contributed by atoms with Gasteiger partial charge in [-0.25, -0.2) is 9.97 Å². The summed E-state index contributed by atoms with van der Waals surface area (Å²) in [5.41, 5.74) is 3.58. The Morgan fingerprint density at radius 2 is 2.09 bits per heavy atom. The van der Waals surface area contributed by atoms with E-state index in [1.54, 1.807) is 0 Å². The van der Waals surface area contributed by atoms with Gasteiger partial charge >= 0.3 is 0 Å². The smallest absolute Gasteiger partial charge is 0.279 e. The Bertz CT molecular complexity index is 972. The maximum absolute atomic E-state index is 12.1. The van der Waals surface area contributed by atoms with Crippen LogP contribution in [0.25, 0.3) is 20.4 Å². The summed E-state index contributed by atoms with van der Waals surface area (Å²) < 4.78 is 6.20. The van der Waals surface area contributed by atoms with E-state index in [0.717, 1.165) is 54.9 Å². The van der Waals surface area contributed by atoms with Crippen molar-refractivity contribution >= 4 is 37.6 Å². The Labute approximate surface area is 136 Å². The van der Waals surface area contributed by atoms with Crippen molar-refractivity contribution < 1.29 is 9.72 Å². The van der Waals surface area contributed by atoms with Gasteiger partial charge in [0.05, 0.1) is 24.9 Å². The van der Waals surface area contributed by atoms with E-state index >= 15 is 0 Å². The second kappa shape index (κ2) is 5.01. The number of hydrogen-bond donors (Lipinski definition) is 1. The van der Waals surface area contributed by atoms with Crippen LogP contribution in [0.4, 0.5) is 5.82 Å². The largest absolute Gasteiger partial charge is 0.373 e. The Hall–Kier alpha value is -1.99. The topological polar surface area (TPSA) is 72.4 Å². The molecule has 1 saturated heterocycles. The number of aryl methyl sites for hydroxylation is 1. The number of aromatic amines is 2. The summed E-state index contributed by atoms with van der Waals surface area (Å²) in [7, 11) is 0. The minimum atomic E-state index is -0.0516. The first-order chi connectivity index (χ1) is 11.3. The van der Waals surface area contributed by atoms with Crippen LogP contribution < -0.4 is 15.4 Å². The van der Waals surface area contributed by atoms with Crippen LogP contribution in [0.1, 0.15) is 17.5 Å². The molecule has 6 nitrogen and oxygen atoms in total. The third kappa shape index (κ3) is 1.93. The molecule has 0 bridgehead atoms. The molecule has 23 heavy (non-hydrogen) atoms. The van der Waals surface area contributed by atoms with Gasteiger partial charge in [-0.15, -0.1) is 0 Å². The number of rotatable bonds is 1. The number of nitrogens with one attached hydrogen (secondary N) is 2. The zero-order chi connectivity index (χ0) is 15.4. The predicted molar refractivity (Wildman–Crippen MR) is 89.4 cm³/mol. The fourth-order valence-electron chi connectivity index (χ4n) is 3.81. The molecule has 0 radical (unpaired) electrons. The van der Waals surface area contributed by atoms with E-state index in [2.05, 4.69) is 19.9 Å². The van der Waals surface area contributed by atoms with Gasteiger partial charge in [0, 0.05) is 5.56 Å². The average molecular weight is 329 g/mol. The molecule has 0 spiro atoms. The van der Waals surface area contributed by atoms with Crippen molar-refractivity contribution in [1.82, 2.24) is 9.97 Å². The first kappa shape index (κ1) is 13.4. The van der Waals surface area contributed by atoms with Crippen LogP contribution >= 0.6 is 11.3 Å². The van der Waals surface area contributed by atoms with Crippen LogP contribution in [-0.4, -0.2) is 36.3 Å². The van der Waals surface area contributed by atoms with E-state index in [1.807, 2.05) is 0 Å². The van der Waals surface area contributed by atoms with Gasteiger partial charge < -0.3 is 9.72 Å². The Morgan fingerprint density at radius 3 is 2.96 bits per heavy atom. The van der Waals surface area contributed by atoms with Gasteiger partial charge in [-0.1, -0.05) is 11.3 Å². The fourth-order valence-corrected chi connectivity index (χ4v) is 4.89. The summed E-state index contributed by atoms with van der Waals surface area (Å²) >= 11 is 1.51. The number of morpholine rings is 1. The van der Waals surface area contributed by atoms with Crippen molar-refractivity contribution in [2.24, 2.45) is 0 Å². The summed E-state index contributed by atoms with van der Waals surface area (Å²) in [5.74, 6) is 1.22. The van der Waals surface area contributed by atoms with Gasteiger partial charge in [0.2, 0.25) is 0 Å². The molecule has 1 fully saturated rings. The number of anilines is 1. The second-order valence-corrected chi connectivity index (χ2v) is 7.12. The molecule has 3 aromatic rings. The minimum Gasteiger partial charge on any atom is -0.373 e. The molecule has 7 heteroatoms. The zero-order valence-electron chi connectivity index (χ0n) is 12.6. The van der Waals surface area contributed by atoms with E-state index in [0.29, 0.717) is 4.70 Å². The fraction of sp³-hybridized carbons (Fsp3) is 0.438. The highest BCUT2D eigenvalue weighted by Crippen LogP contribution is 2.38. The highest BCUT2D eigenvalue weighted by atomic mass is 32.1. The van der Waals surface area contributed by atoms with Crippen molar-refractivity contribution in [3.8, 4) is 0 Å². The van der Waals surface area contributed by atoms with E-state index in [4.69, 9.17) is 4.74 Å². The van der Waals surface area contributed by atoms with E-state index in [1.165, 1.54) is 41.0 Å². The van der Waals surface area contributed by atoms with Gasteiger partial charge in [-0.3, -0.25) is 9.69 Å². The lowest BCUT2D eigenvalue weighted by Crippen LogP contribution is -2.40. The van der Waals surface area contributed by atoms with Gasteiger partial charge in [-0.05, 0) is 24.8 Å². The van der Waals surface area contributed by atoms with Crippen LogP contribution in [0.2, 0.25) is 0 Å². The van der Waals surface area contributed by atoms with Crippen LogP contribution in [0.5, 0.6) is 0 Å². The normalized spacial score (nSPS) is 18.0. The van der Waals surface area contributed by atoms with E-state index in [-0.39, 0.29) is 5.56 Å². The molecular weight excluding hydrogens is 312 g/mol. The molecule has 5 rings (SSSR count). The quantitative estimate of drug-likeness (QED) is 0.730. The molecule has 0 unspecified atom stereocenters. The number of nitrogens with zero attached hydrogens (tertiary/aromatic N) is 2. The average Bonchev–Trinajstić information content (AvgIpc) is 3.19. The van der Waals surface area contributed by atoms with Crippen molar-refractivity contribution in [3.05, 3.63) is 27.8 Å². The monoisotopic (exact) mass is 329 g/mol.